The fourth-order valence-corrected chi connectivity index (χ4v) is 2.14. The van der Waals surface area contributed by atoms with Crippen LogP contribution < -0.4 is 5.32 Å². The molecule has 2 aromatic rings. The molecule has 0 atom stereocenters. The summed E-state index contributed by atoms with van der Waals surface area (Å²) in [7, 11) is 0. The molecule has 2 aromatic heterocycles. The normalized spacial score (nSPS) is 10.4. The lowest BCUT2D eigenvalue weighted by molar-refractivity contribution is -0.136. The van der Waals surface area contributed by atoms with E-state index < -0.39 is 5.97 Å². The summed E-state index contributed by atoms with van der Waals surface area (Å²) in [5.74, 6) is -0.802. The minimum absolute atomic E-state index is 0.113. The lowest BCUT2D eigenvalue weighted by Gasteiger charge is -2.01. The molecule has 7 nitrogen and oxygen atoms in total. The average Bonchev–Trinajstić information content (AvgIpc) is 2.97. The van der Waals surface area contributed by atoms with Crippen LogP contribution in [0.15, 0.2) is 17.8 Å². The maximum absolute atomic E-state index is 10.4. The van der Waals surface area contributed by atoms with Crippen molar-refractivity contribution in [2.24, 2.45) is 0 Å². The Morgan fingerprint density at radius 2 is 2.44 bits per heavy atom. The summed E-state index contributed by atoms with van der Waals surface area (Å²) in [6, 6.07) is 0. The SMILES string of the molecule is O=C(O)CCc1csc(NCCn2ccnn2)n1. The van der Waals surface area contributed by atoms with Gasteiger partial charge in [0.05, 0.1) is 24.9 Å². The summed E-state index contributed by atoms with van der Waals surface area (Å²) in [4.78, 5) is 14.7. The van der Waals surface area contributed by atoms with Crippen LogP contribution >= 0.6 is 11.3 Å². The zero-order valence-corrected chi connectivity index (χ0v) is 10.4. The number of aromatic nitrogens is 4. The van der Waals surface area contributed by atoms with Gasteiger partial charge in [0.1, 0.15) is 0 Å². The number of carboxylic acid groups (broad SMARTS) is 1. The van der Waals surface area contributed by atoms with E-state index in [1.165, 1.54) is 11.3 Å². The second-order valence-corrected chi connectivity index (χ2v) is 4.49. The number of hydrogen-bond donors (Lipinski definition) is 2. The molecular formula is C10H13N5O2S. The Kier molecular flexibility index (Phi) is 4.24. The maximum atomic E-state index is 10.4. The second kappa shape index (κ2) is 6.10. The van der Waals surface area contributed by atoms with Gasteiger partial charge in [-0.05, 0) is 0 Å². The number of anilines is 1. The highest BCUT2D eigenvalue weighted by Gasteiger charge is 2.04. The van der Waals surface area contributed by atoms with Gasteiger partial charge in [0.2, 0.25) is 0 Å². The maximum Gasteiger partial charge on any atom is 0.303 e. The summed E-state index contributed by atoms with van der Waals surface area (Å²) in [5.41, 5.74) is 0.811. The van der Waals surface area contributed by atoms with E-state index in [9.17, 15) is 4.79 Å². The van der Waals surface area contributed by atoms with Crippen molar-refractivity contribution in [2.45, 2.75) is 19.4 Å². The van der Waals surface area contributed by atoms with Gasteiger partial charge in [-0.1, -0.05) is 5.21 Å². The topological polar surface area (TPSA) is 92.9 Å². The lowest BCUT2D eigenvalue weighted by atomic mass is 10.2. The molecule has 96 valence electrons. The summed E-state index contributed by atoms with van der Waals surface area (Å²) in [6.45, 7) is 1.42. The number of nitrogens with one attached hydrogen (secondary N) is 1. The summed E-state index contributed by atoms with van der Waals surface area (Å²) in [6.07, 6.45) is 4.01. The molecule has 2 rings (SSSR count). The van der Waals surface area contributed by atoms with E-state index in [2.05, 4.69) is 20.6 Å². The van der Waals surface area contributed by atoms with Gasteiger partial charge < -0.3 is 10.4 Å². The first-order valence-corrected chi connectivity index (χ1v) is 6.36. The largest absolute Gasteiger partial charge is 0.481 e. The van der Waals surface area contributed by atoms with E-state index in [1.807, 2.05) is 5.38 Å². The minimum atomic E-state index is -0.802. The number of thiazole rings is 1. The van der Waals surface area contributed by atoms with Gasteiger partial charge in [0.15, 0.2) is 5.13 Å². The van der Waals surface area contributed by atoms with Gasteiger partial charge >= 0.3 is 5.97 Å². The Morgan fingerprint density at radius 3 is 3.17 bits per heavy atom. The molecule has 0 aliphatic rings. The fraction of sp³-hybridized carbons (Fsp3) is 0.400. The second-order valence-electron chi connectivity index (χ2n) is 3.63. The van der Waals surface area contributed by atoms with Crippen molar-refractivity contribution in [1.29, 1.82) is 0 Å². The zero-order chi connectivity index (χ0) is 12.8. The molecule has 0 spiro atoms. The zero-order valence-electron chi connectivity index (χ0n) is 9.61. The molecule has 0 aliphatic heterocycles. The average molecular weight is 267 g/mol. The summed E-state index contributed by atoms with van der Waals surface area (Å²) >= 11 is 1.48. The Bertz CT molecular complexity index is 496. The monoisotopic (exact) mass is 267 g/mol. The van der Waals surface area contributed by atoms with Crippen LogP contribution in [0.3, 0.4) is 0 Å². The van der Waals surface area contributed by atoms with Crippen molar-refractivity contribution < 1.29 is 9.90 Å². The number of rotatable bonds is 7. The number of nitrogens with zero attached hydrogens (tertiary/aromatic N) is 4. The van der Waals surface area contributed by atoms with Crippen molar-refractivity contribution in [3.05, 3.63) is 23.5 Å². The Labute approximate surface area is 107 Å². The summed E-state index contributed by atoms with van der Waals surface area (Å²) < 4.78 is 1.73. The molecule has 0 bridgehead atoms. The third-order valence-corrected chi connectivity index (χ3v) is 3.08. The van der Waals surface area contributed by atoms with Gasteiger partial charge in [-0.15, -0.1) is 16.4 Å². The number of hydrogen-bond acceptors (Lipinski definition) is 6. The Hall–Kier alpha value is -1.96. The summed E-state index contributed by atoms with van der Waals surface area (Å²) in [5, 5.41) is 22.0. The molecule has 0 saturated heterocycles. The highest BCUT2D eigenvalue weighted by atomic mass is 32.1. The van der Waals surface area contributed by atoms with Crippen LogP contribution in [0.5, 0.6) is 0 Å². The number of carboxylic acids is 1. The van der Waals surface area contributed by atoms with Crippen LogP contribution in [-0.4, -0.2) is 37.6 Å². The quantitative estimate of drug-likeness (QED) is 0.773. The fourth-order valence-electron chi connectivity index (χ4n) is 1.37. The third kappa shape index (κ3) is 3.81. The van der Waals surface area contributed by atoms with Crippen molar-refractivity contribution in [2.75, 3.05) is 11.9 Å². The number of carbonyl (C=O) groups is 1. The van der Waals surface area contributed by atoms with Gasteiger partial charge in [-0.2, -0.15) is 0 Å². The molecular weight excluding hydrogens is 254 g/mol. The molecule has 0 unspecified atom stereocenters. The van der Waals surface area contributed by atoms with Crippen molar-refractivity contribution in [1.82, 2.24) is 20.0 Å². The highest BCUT2D eigenvalue weighted by molar-refractivity contribution is 7.13. The first-order valence-electron chi connectivity index (χ1n) is 5.48. The molecule has 0 amide bonds. The molecule has 0 aromatic carbocycles. The first-order chi connectivity index (χ1) is 8.74. The van der Waals surface area contributed by atoms with E-state index in [1.54, 1.807) is 17.1 Å². The molecule has 0 radical (unpaired) electrons. The standard InChI is InChI=1S/C10H13N5O2S/c16-9(17)2-1-8-7-18-10(13-8)11-3-5-15-6-4-12-14-15/h4,6-7H,1-3,5H2,(H,11,13)(H,16,17). The van der Waals surface area contributed by atoms with Crippen LogP contribution in [0.4, 0.5) is 5.13 Å². The smallest absolute Gasteiger partial charge is 0.303 e. The highest BCUT2D eigenvalue weighted by Crippen LogP contribution is 2.16. The molecule has 2 heterocycles. The number of aliphatic carboxylic acids is 1. The Balaban J connectivity index is 1.74. The van der Waals surface area contributed by atoms with E-state index in [0.717, 1.165) is 10.8 Å². The van der Waals surface area contributed by atoms with Crippen LogP contribution in [0.25, 0.3) is 0 Å². The first kappa shape index (κ1) is 12.5. The van der Waals surface area contributed by atoms with Crippen LogP contribution in [0, 0.1) is 0 Å². The van der Waals surface area contributed by atoms with Gasteiger partial charge in [-0.3, -0.25) is 9.48 Å². The van der Waals surface area contributed by atoms with E-state index in [0.29, 0.717) is 19.5 Å². The van der Waals surface area contributed by atoms with E-state index >= 15 is 0 Å². The molecule has 18 heavy (non-hydrogen) atoms. The van der Waals surface area contributed by atoms with Crippen molar-refractivity contribution in [3.8, 4) is 0 Å². The van der Waals surface area contributed by atoms with E-state index in [-0.39, 0.29) is 6.42 Å². The predicted octanol–water partition coefficient (Wildman–Crippen LogP) is 0.864. The predicted molar refractivity (Wildman–Crippen MR) is 66.6 cm³/mol. The molecule has 0 aliphatic carbocycles. The Morgan fingerprint density at radius 1 is 1.56 bits per heavy atom. The lowest BCUT2D eigenvalue weighted by Crippen LogP contribution is -2.11. The van der Waals surface area contributed by atoms with Gasteiger partial charge in [0.25, 0.3) is 0 Å². The third-order valence-electron chi connectivity index (χ3n) is 2.24. The van der Waals surface area contributed by atoms with Crippen molar-refractivity contribution >= 4 is 22.4 Å². The van der Waals surface area contributed by atoms with E-state index in [4.69, 9.17) is 5.11 Å². The molecule has 8 heteroatoms. The molecule has 0 saturated carbocycles. The minimum Gasteiger partial charge on any atom is -0.481 e. The molecule has 2 N–H and O–H groups in total. The number of aryl methyl sites for hydroxylation is 1. The van der Waals surface area contributed by atoms with Crippen LogP contribution in [0.1, 0.15) is 12.1 Å². The van der Waals surface area contributed by atoms with Crippen LogP contribution in [-0.2, 0) is 17.8 Å². The van der Waals surface area contributed by atoms with Crippen molar-refractivity contribution in [3.63, 3.8) is 0 Å². The molecule has 0 fully saturated rings. The van der Waals surface area contributed by atoms with Gasteiger partial charge in [-0.25, -0.2) is 4.98 Å². The van der Waals surface area contributed by atoms with Crippen LogP contribution in [0.2, 0.25) is 0 Å². The van der Waals surface area contributed by atoms with Gasteiger partial charge in [0, 0.05) is 24.5 Å².